The molecule has 0 saturated carbocycles. The van der Waals surface area contributed by atoms with Crippen molar-refractivity contribution in [2.75, 3.05) is 31.1 Å². The van der Waals surface area contributed by atoms with Crippen LogP contribution in [0.15, 0.2) is 54.9 Å². The molecule has 1 aromatic carbocycles. The number of carbonyl (C=O) groups is 1. The normalized spacial score (nSPS) is 18.0. The quantitative estimate of drug-likeness (QED) is 0.933. The number of rotatable bonds is 4. The van der Waals surface area contributed by atoms with Crippen LogP contribution >= 0.6 is 0 Å². The summed E-state index contributed by atoms with van der Waals surface area (Å²) in [6.45, 7) is 2.81. The zero-order chi connectivity index (χ0) is 15.2. The first-order chi connectivity index (χ1) is 10.8. The second kappa shape index (κ2) is 7.04. The fourth-order valence-corrected chi connectivity index (χ4v) is 2.52. The fourth-order valence-electron chi connectivity index (χ4n) is 2.52. The van der Waals surface area contributed by atoms with Crippen LogP contribution < -0.4 is 10.2 Å². The van der Waals surface area contributed by atoms with E-state index >= 15 is 0 Å². The molecule has 3 rings (SSSR count). The molecular weight excluding hydrogens is 278 g/mol. The molecule has 1 atom stereocenters. The summed E-state index contributed by atoms with van der Waals surface area (Å²) < 4.78 is 5.74. The van der Waals surface area contributed by atoms with Crippen molar-refractivity contribution in [3.05, 3.63) is 60.4 Å². The molecule has 2 aromatic rings. The Morgan fingerprint density at radius 2 is 2.14 bits per heavy atom. The van der Waals surface area contributed by atoms with E-state index in [0.29, 0.717) is 18.7 Å². The number of hydrogen-bond donors (Lipinski definition) is 1. The third-order valence-electron chi connectivity index (χ3n) is 3.67. The summed E-state index contributed by atoms with van der Waals surface area (Å²) in [5.41, 5.74) is 1.76. The van der Waals surface area contributed by atoms with Crippen molar-refractivity contribution in [2.45, 2.75) is 6.10 Å². The number of amides is 1. The predicted octanol–water partition coefficient (Wildman–Crippen LogP) is 1.72. The number of aromatic nitrogens is 1. The van der Waals surface area contributed by atoms with Gasteiger partial charge in [-0.1, -0.05) is 18.2 Å². The molecule has 114 valence electrons. The van der Waals surface area contributed by atoms with Gasteiger partial charge in [0.2, 0.25) is 0 Å². The van der Waals surface area contributed by atoms with Crippen molar-refractivity contribution in [2.24, 2.45) is 0 Å². The SMILES string of the molecule is O=C(NCC1CN(c2ccccc2)CCO1)c1cccnc1. The van der Waals surface area contributed by atoms with Gasteiger partial charge in [-0.3, -0.25) is 9.78 Å². The van der Waals surface area contributed by atoms with Crippen molar-refractivity contribution in [1.29, 1.82) is 0 Å². The van der Waals surface area contributed by atoms with Gasteiger partial charge in [0.25, 0.3) is 5.91 Å². The summed E-state index contributed by atoms with van der Waals surface area (Å²) in [4.78, 5) is 18.3. The Morgan fingerprint density at radius 1 is 1.27 bits per heavy atom. The number of pyridine rings is 1. The highest BCUT2D eigenvalue weighted by molar-refractivity contribution is 5.93. The van der Waals surface area contributed by atoms with Crippen LogP contribution in [0, 0.1) is 0 Å². The molecule has 5 nitrogen and oxygen atoms in total. The summed E-state index contributed by atoms with van der Waals surface area (Å²) in [5.74, 6) is -0.117. The first-order valence-corrected chi connectivity index (χ1v) is 7.43. The van der Waals surface area contributed by atoms with Crippen LogP contribution in [-0.4, -0.2) is 43.2 Å². The average molecular weight is 297 g/mol. The molecule has 1 aromatic heterocycles. The number of hydrogen-bond acceptors (Lipinski definition) is 4. The summed E-state index contributed by atoms with van der Waals surface area (Å²) in [6.07, 6.45) is 3.21. The minimum absolute atomic E-state index is 0.00502. The first-order valence-electron chi connectivity index (χ1n) is 7.43. The van der Waals surface area contributed by atoms with Gasteiger partial charge >= 0.3 is 0 Å². The minimum atomic E-state index is -0.117. The highest BCUT2D eigenvalue weighted by atomic mass is 16.5. The lowest BCUT2D eigenvalue weighted by Crippen LogP contribution is -2.47. The van der Waals surface area contributed by atoms with Crippen LogP contribution in [0.25, 0.3) is 0 Å². The van der Waals surface area contributed by atoms with Crippen LogP contribution in [0.5, 0.6) is 0 Å². The maximum atomic E-state index is 12.0. The van der Waals surface area contributed by atoms with Crippen molar-refractivity contribution in [1.82, 2.24) is 10.3 Å². The topological polar surface area (TPSA) is 54.5 Å². The Kier molecular flexibility index (Phi) is 4.65. The van der Waals surface area contributed by atoms with Gasteiger partial charge in [-0.15, -0.1) is 0 Å². The number of carbonyl (C=O) groups excluding carboxylic acids is 1. The van der Waals surface area contributed by atoms with Crippen LogP contribution in [0.2, 0.25) is 0 Å². The number of anilines is 1. The van der Waals surface area contributed by atoms with E-state index in [0.717, 1.165) is 13.1 Å². The van der Waals surface area contributed by atoms with E-state index in [1.807, 2.05) is 18.2 Å². The second-order valence-electron chi connectivity index (χ2n) is 5.23. The van der Waals surface area contributed by atoms with E-state index in [1.165, 1.54) is 5.69 Å². The third-order valence-corrected chi connectivity index (χ3v) is 3.67. The van der Waals surface area contributed by atoms with Crippen LogP contribution in [-0.2, 0) is 4.74 Å². The number of ether oxygens (including phenoxy) is 1. The smallest absolute Gasteiger partial charge is 0.252 e. The number of benzene rings is 1. The fraction of sp³-hybridized carbons (Fsp3) is 0.294. The lowest BCUT2D eigenvalue weighted by atomic mass is 10.2. The van der Waals surface area contributed by atoms with Gasteiger partial charge in [0.1, 0.15) is 0 Å². The highest BCUT2D eigenvalue weighted by Crippen LogP contribution is 2.16. The Labute approximate surface area is 129 Å². The number of para-hydroxylation sites is 1. The Bertz CT molecular complexity index is 604. The summed E-state index contributed by atoms with van der Waals surface area (Å²) in [6, 6.07) is 13.8. The number of nitrogens with one attached hydrogen (secondary N) is 1. The molecule has 1 unspecified atom stereocenters. The summed E-state index contributed by atoms with van der Waals surface area (Å²) in [7, 11) is 0. The predicted molar refractivity (Wildman–Crippen MR) is 85.0 cm³/mol. The molecular formula is C17H19N3O2. The van der Waals surface area contributed by atoms with Crippen molar-refractivity contribution in [3.63, 3.8) is 0 Å². The molecule has 1 amide bonds. The van der Waals surface area contributed by atoms with Gasteiger partial charge in [-0.05, 0) is 24.3 Å². The molecule has 1 aliphatic rings. The zero-order valence-corrected chi connectivity index (χ0v) is 12.3. The van der Waals surface area contributed by atoms with E-state index in [-0.39, 0.29) is 12.0 Å². The lowest BCUT2D eigenvalue weighted by molar-refractivity contribution is 0.0397. The first kappa shape index (κ1) is 14.5. The highest BCUT2D eigenvalue weighted by Gasteiger charge is 2.21. The van der Waals surface area contributed by atoms with Crippen molar-refractivity contribution in [3.8, 4) is 0 Å². The molecule has 5 heteroatoms. The molecule has 22 heavy (non-hydrogen) atoms. The van der Waals surface area contributed by atoms with Gasteiger partial charge in [0.05, 0.1) is 18.3 Å². The average Bonchev–Trinajstić information content (AvgIpc) is 2.61. The third kappa shape index (κ3) is 3.62. The minimum Gasteiger partial charge on any atom is -0.373 e. The van der Waals surface area contributed by atoms with Gasteiger partial charge in [-0.25, -0.2) is 0 Å². The molecule has 1 fully saturated rings. The molecule has 2 heterocycles. The van der Waals surface area contributed by atoms with Crippen molar-refractivity contribution < 1.29 is 9.53 Å². The largest absolute Gasteiger partial charge is 0.373 e. The Balaban J connectivity index is 1.54. The maximum Gasteiger partial charge on any atom is 0.252 e. The van der Waals surface area contributed by atoms with Crippen LogP contribution in [0.3, 0.4) is 0 Å². The van der Waals surface area contributed by atoms with E-state index in [9.17, 15) is 4.79 Å². The van der Waals surface area contributed by atoms with E-state index in [2.05, 4.69) is 27.3 Å². The lowest BCUT2D eigenvalue weighted by Gasteiger charge is -2.34. The zero-order valence-electron chi connectivity index (χ0n) is 12.3. The summed E-state index contributed by atoms with van der Waals surface area (Å²) in [5, 5.41) is 2.91. The molecule has 1 N–H and O–H groups in total. The molecule has 1 aliphatic heterocycles. The van der Waals surface area contributed by atoms with E-state index in [4.69, 9.17) is 4.74 Å². The van der Waals surface area contributed by atoms with Gasteiger partial charge in [0, 0.05) is 37.7 Å². The maximum absolute atomic E-state index is 12.0. The Hall–Kier alpha value is -2.40. The van der Waals surface area contributed by atoms with E-state index < -0.39 is 0 Å². The van der Waals surface area contributed by atoms with E-state index in [1.54, 1.807) is 24.5 Å². The summed E-state index contributed by atoms with van der Waals surface area (Å²) >= 11 is 0. The van der Waals surface area contributed by atoms with Crippen molar-refractivity contribution >= 4 is 11.6 Å². The Morgan fingerprint density at radius 3 is 2.91 bits per heavy atom. The second-order valence-corrected chi connectivity index (χ2v) is 5.23. The molecule has 0 bridgehead atoms. The van der Waals surface area contributed by atoms with Crippen LogP contribution in [0.1, 0.15) is 10.4 Å². The van der Waals surface area contributed by atoms with Gasteiger partial charge in [-0.2, -0.15) is 0 Å². The molecule has 0 spiro atoms. The van der Waals surface area contributed by atoms with Gasteiger partial charge in [0.15, 0.2) is 0 Å². The van der Waals surface area contributed by atoms with Gasteiger partial charge < -0.3 is 15.0 Å². The number of morpholine rings is 1. The molecule has 0 aliphatic carbocycles. The monoisotopic (exact) mass is 297 g/mol. The number of nitrogens with zero attached hydrogens (tertiary/aromatic N) is 2. The standard InChI is InChI=1S/C17H19N3O2/c21-17(14-5-4-8-18-11-14)19-12-16-13-20(9-10-22-16)15-6-2-1-3-7-15/h1-8,11,16H,9-10,12-13H2,(H,19,21). The molecule has 1 saturated heterocycles. The molecule has 0 radical (unpaired) electrons. The van der Waals surface area contributed by atoms with Crippen LogP contribution in [0.4, 0.5) is 5.69 Å².